The Bertz CT molecular complexity index is 1530. The van der Waals surface area contributed by atoms with Crippen LogP contribution in [-0.2, 0) is 28.7 Å². The van der Waals surface area contributed by atoms with Gasteiger partial charge in [-0.25, -0.2) is 0 Å². The average Bonchev–Trinajstić information content (AvgIpc) is 3.91. The number of aliphatic hydroxyl groups is 1. The van der Waals surface area contributed by atoms with E-state index in [-0.39, 0.29) is 63.9 Å². The number of likely N-dealkylation sites (tertiary alicyclic amines) is 1. The molecule has 1 saturated heterocycles. The lowest BCUT2D eigenvalue weighted by Gasteiger charge is -2.35. The number of nitrogens with two attached hydrogens (primary N) is 1. The summed E-state index contributed by atoms with van der Waals surface area (Å²) in [5.41, 5.74) is 6.95. The molecular formula is C46H78ClN7O7. The number of allylic oxidation sites excluding steroid dienone is 1. The van der Waals surface area contributed by atoms with Crippen LogP contribution in [0.5, 0.6) is 0 Å². The molecule has 0 bridgehead atoms. The molecule has 14 nitrogen and oxygen atoms in total. The Balaban J connectivity index is 0.00000113. The average molecular weight is 877 g/mol. The highest BCUT2D eigenvalue weighted by atomic mass is 35.5. The molecule has 346 valence electrons. The molecule has 1 heterocycles. The number of hydrogen-bond acceptors (Lipinski definition) is 10. The number of hydrogen-bond donors (Lipinski definition) is 7. The van der Waals surface area contributed by atoms with Crippen LogP contribution in [0.1, 0.15) is 151 Å². The van der Waals surface area contributed by atoms with Crippen molar-refractivity contribution in [2.45, 2.75) is 170 Å². The SMILES string of the molecule is C1CCCCC1.CC(C)(C)C.CC(C)(C)C(NC(=O)CC/C(N)=C/NCOC=O)C(=O)N1CC(CC(=N)c2cccc(Cl)c2)CC1C(=O)NCC(O)C(=O)NC1CC1.CCC. The largest absolute Gasteiger partial charge is 0.447 e. The fraction of sp³-hybridized carbons (Fsp3) is 0.696. The van der Waals surface area contributed by atoms with Crippen molar-refractivity contribution in [1.82, 2.24) is 26.2 Å². The molecule has 0 aromatic heterocycles. The first-order chi connectivity index (χ1) is 28.6. The lowest BCUT2D eigenvalue weighted by Crippen LogP contribution is -2.58. The Labute approximate surface area is 370 Å². The number of aliphatic hydroxyl groups excluding tert-OH is 1. The van der Waals surface area contributed by atoms with Gasteiger partial charge in [0.25, 0.3) is 12.4 Å². The number of halogens is 1. The first-order valence-corrected chi connectivity index (χ1v) is 22.4. The third-order valence-electron chi connectivity index (χ3n) is 9.42. The van der Waals surface area contributed by atoms with Crippen LogP contribution in [0.25, 0.3) is 0 Å². The van der Waals surface area contributed by atoms with Gasteiger partial charge in [0, 0.05) is 41.6 Å². The standard InChI is InChI=1S/C32H46ClN7O7.C6H12.C5H12.C3H8/c1-32(2,3)28(39-27(43)10-7-22(34)14-36-17-47-18-41)31(46)40-16-19(11-24(35)20-5-4-6-21(33)13-20)12-25(40)29(44)37-15-26(42)30(45)38-23-8-9-23;1-2-4-6-5-3-1;1-5(2,3)4;1-3-2/h4-6,13-14,18-19,23,25-26,28,35-36,42H,7-12,15-17,34H2,1-3H3,(H,37,44)(H,38,45)(H,39,43);1-6H2;1-4H3;3H2,1-2H3/b22-14-,35-24?;;;. The van der Waals surface area contributed by atoms with Crippen LogP contribution in [0, 0.1) is 22.2 Å². The molecule has 4 unspecified atom stereocenters. The Morgan fingerprint density at radius 3 is 2.08 bits per heavy atom. The van der Waals surface area contributed by atoms with E-state index in [9.17, 15) is 29.1 Å². The van der Waals surface area contributed by atoms with E-state index in [4.69, 9.17) is 22.7 Å². The number of benzene rings is 1. The highest BCUT2D eigenvalue weighted by molar-refractivity contribution is 6.31. The van der Waals surface area contributed by atoms with Crippen LogP contribution in [0.15, 0.2) is 36.2 Å². The van der Waals surface area contributed by atoms with Crippen molar-refractivity contribution in [2.75, 3.05) is 19.8 Å². The number of nitrogens with zero attached hydrogens (tertiary/aromatic N) is 1. The summed E-state index contributed by atoms with van der Waals surface area (Å²) in [6.07, 6.45) is 12.6. The topological polar surface area (TPSA) is 216 Å². The maximum atomic E-state index is 14.2. The predicted molar refractivity (Wildman–Crippen MR) is 244 cm³/mol. The highest BCUT2D eigenvalue weighted by Crippen LogP contribution is 2.31. The van der Waals surface area contributed by atoms with Gasteiger partial charge in [0.1, 0.15) is 18.2 Å². The number of ether oxygens (including phenoxy) is 1. The van der Waals surface area contributed by atoms with Gasteiger partial charge in [-0.1, -0.05) is 131 Å². The van der Waals surface area contributed by atoms with E-state index >= 15 is 0 Å². The molecule has 0 radical (unpaired) electrons. The predicted octanol–water partition coefficient (Wildman–Crippen LogP) is 6.71. The third-order valence-corrected chi connectivity index (χ3v) is 9.65. The van der Waals surface area contributed by atoms with Crippen LogP contribution in [0.2, 0.25) is 5.02 Å². The lowest BCUT2D eigenvalue weighted by molar-refractivity contribution is -0.144. The van der Waals surface area contributed by atoms with E-state index in [1.165, 1.54) is 56.0 Å². The van der Waals surface area contributed by atoms with Crippen molar-refractivity contribution in [3.05, 3.63) is 46.7 Å². The van der Waals surface area contributed by atoms with E-state index in [1.54, 1.807) is 45.0 Å². The first kappa shape index (κ1) is 54.8. The number of nitrogens with one attached hydrogen (secondary N) is 5. The Morgan fingerprint density at radius 1 is 1.00 bits per heavy atom. The molecule has 1 aromatic carbocycles. The van der Waals surface area contributed by atoms with Crippen molar-refractivity contribution < 1.29 is 33.8 Å². The Kier molecular flexibility index (Phi) is 25.6. The molecule has 1 aliphatic heterocycles. The van der Waals surface area contributed by atoms with Gasteiger partial charge in [-0.15, -0.1) is 0 Å². The van der Waals surface area contributed by atoms with Crippen molar-refractivity contribution >= 4 is 47.4 Å². The zero-order valence-corrected chi connectivity index (χ0v) is 39.2. The zero-order chi connectivity index (χ0) is 46.2. The van der Waals surface area contributed by atoms with Gasteiger partial charge >= 0.3 is 0 Å². The van der Waals surface area contributed by atoms with Crippen LogP contribution in [-0.4, -0.2) is 89.9 Å². The first-order valence-electron chi connectivity index (χ1n) is 22.0. The maximum Gasteiger partial charge on any atom is 0.294 e. The third kappa shape index (κ3) is 24.8. The maximum absolute atomic E-state index is 14.2. The van der Waals surface area contributed by atoms with E-state index < -0.39 is 47.2 Å². The lowest BCUT2D eigenvalue weighted by atomic mass is 9.85. The Hall–Kier alpha value is -4.17. The van der Waals surface area contributed by atoms with E-state index in [0.717, 1.165) is 12.8 Å². The van der Waals surface area contributed by atoms with Crippen molar-refractivity contribution in [3.63, 3.8) is 0 Å². The number of carbonyl (C=O) groups is 5. The van der Waals surface area contributed by atoms with Crippen LogP contribution in [0.4, 0.5) is 0 Å². The van der Waals surface area contributed by atoms with Gasteiger partial charge in [0.2, 0.25) is 17.7 Å². The summed E-state index contributed by atoms with van der Waals surface area (Å²) in [7, 11) is 0. The minimum absolute atomic E-state index is 0.0252. The van der Waals surface area contributed by atoms with Gasteiger partial charge in [0.05, 0.1) is 6.54 Å². The van der Waals surface area contributed by atoms with Gasteiger partial charge in [-0.2, -0.15) is 0 Å². The van der Waals surface area contributed by atoms with Crippen LogP contribution in [0.3, 0.4) is 0 Å². The smallest absolute Gasteiger partial charge is 0.294 e. The summed E-state index contributed by atoms with van der Waals surface area (Å²) in [4.78, 5) is 64.6. The van der Waals surface area contributed by atoms with Gasteiger partial charge < -0.3 is 47.2 Å². The molecule has 2 saturated carbocycles. The quantitative estimate of drug-likeness (QED) is 0.0383. The summed E-state index contributed by atoms with van der Waals surface area (Å²) in [6, 6.07) is 4.99. The molecule has 1 aromatic rings. The minimum atomic E-state index is -1.45. The molecule has 8 N–H and O–H groups in total. The molecule has 4 rings (SSSR count). The zero-order valence-electron chi connectivity index (χ0n) is 38.5. The van der Waals surface area contributed by atoms with E-state index in [0.29, 0.717) is 27.4 Å². The normalized spacial score (nSPS) is 18.5. The summed E-state index contributed by atoms with van der Waals surface area (Å²) in [5, 5.41) is 30.3. The molecule has 0 spiro atoms. The van der Waals surface area contributed by atoms with E-state index in [1.807, 2.05) is 0 Å². The second-order valence-corrected chi connectivity index (χ2v) is 19.3. The number of carbonyl (C=O) groups excluding carboxylic acids is 5. The second kappa shape index (κ2) is 28.4. The molecule has 15 heteroatoms. The van der Waals surface area contributed by atoms with Crippen molar-refractivity contribution in [1.29, 1.82) is 5.41 Å². The monoisotopic (exact) mass is 876 g/mol. The summed E-state index contributed by atoms with van der Waals surface area (Å²) in [5.74, 6) is -2.28. The van der Waals surface area contributed by atoms with Gasteiger partial charge in [-0.3, -0.25) is 24.0 Å². The molecule has 4 amide bonds. The fourth-order valence-electron chi connectivity index (χ4n) is 6.27. The number of rotatable bonds is 17. The molecule has 4 atom stereocenters. The molecule has 2 aliphatic carbocycles. The summed E-state index contributed by atoms with van der Waals surface area (Å²) < 4.78 is 4.52. The Morgan fingerprint density at radius 2 is 1.57 bits per heavy atom. The van der Waals surface area contributed by atoms with Gasteiger partial charge in [-0.05, 0) is 66.5 Å². The summed E-state index contributed by atoms with van der Waals surface area (Å²) in [6.45, 7) is 18.4. The van der Waals surface area contributed by atoms with E-state index in [2.05, 4.69) is 67.5 Å². The number of amides is 4. The van der Waals surface area contributed by atoms with Crippen LogP contribution >= 0.6 is 11.6 Å². The second-order valence-electron chi connectivity index (χ2n) is 18.9. The van der Waals surface area contributed by atoms with Crippen molar-refractivity contribution in [3.8, 4) is 0 Å². The van der Waals surface area contributed by atoms with Crippen LogP contribution < -0.4 is 27.0 Å². The fourth-order valence-corrected chi connectivity index (χ4v) is 6.46. The molecule has 61 heavy (non-hydrogen) atoms. The molecule has 3 aliphatic rings. The summed E-state index contributed by atoms with van der Waals surface area (Å²) >= 11 is 6.13. The molecular weight excluding hydrogens is 798 g/mol. The van der Waals surface area contributed by atoms with Gasteiger partial charge in [0.15, 0.2) is 6.73 Å². The minimum Gasteiger partial charge on any atom is -0.447 e. The highest BCUT2D eigenvalue weighted by Gasteiger charge is 2.45. The van der Waals surface area contributed by atoms with Crippen molar-refractivity contribution in [2.24, 2.45) is 22.5 Å². The molecule has 3 fully saturated rings.